The summed E-state index contributed by atoms with van der Waals surface area (Å²) >= 11 is 0. The molecule has 18 heavy (non-hydrogen) atoms. The van der Waals surface area contributed by atoms with Crippen LogP contribution >= 0.6 is 0 Å². The second-order valence-corrected chi connectivity index (χ2v) is 4.71. The lowest BCUT2D eigenvalue weighted by molar-refractivity contribution is 0.248. The lowest BCUT2D eigenvalue weighted by Crippen LogP contribution is -2.27. The summed E-state index contributed by atoms with van der Waals surface area (Å²) < 4.78 is 13.2. The number of aliphatic hydroxyl groups is 1. The zero-order chi connectivity index (χ0) is 13.4. The minimum Gasteiger partial charge on any atom is -0.396 e. The zero-order valence-electron chi connectivity index (χ0n) is 11.3. The van der Waals surface area contributed by atoms with Crippen LogP contribution in [-0.2, 0) is 0 Å². The third kappa shape index (κ3) is 4.75. The summed E-state index contributed by atoms with van der Waals surface area (Å²) in [5.41, 5.74) is 0.997. The molecular weight excluding hydrogens is 229 g/mol. The van der Waals surface area contributed by atoms with Gasteiger partial charge in [0.25, 0.3) is 0 Å². The first kappa shape index (κ1) is 15.1. The van der Waals surface area contributed by atoms with Crippen LogP contribution < -0.4 is 5.32 Å². The molecule has 102 valence electrons. The molecule has 0 heterocycles. The van der Waals surface area contributed by atoms with Gasteiger partial charge in [0.15, 0.2) is 0 Å². The molecule has 0 bridgehead atoms. The Morgan fingerprint density at radius 3 is 2.61 bits per heavy atom. The first-order valence-corrected chi connectivity index (χ1v) is 6.80. The number of benzene rings is 1. The molecule has 0 aromatic heterocycles. The SMILES string of the molecule is CCC(CCO)CNC(CC)c1cccc(F)c1. The van der Waals surface area contributed by atoms with Crippen LogP contribution in [0.3, 0.4) is 0 Å². The maximum absolute atomic E-state index is 13.2. The summed E-state index contributed by atoms with van der Waals surface area (Å²) in [5, 5.41) is 12.4. The fourth-order valence-electron chi connectivity index (χ4n) is 2.16. The van der Waals surface area contributed by atoms with Crippen molar-refractivity contribution in [2.45, 2.75) is 39.2 Å². The normalized spacial score (nSPS) is 14.4. The molecule has 3 heteroatoms. The maximum atomic E-state index is 13.2. The molecular formula is C15H24FNO. The highest BCUT2D eigenvalue weighted by atomic mass is 19.1. The molecule has 0 amide bonds. The molecule has 1 rings (SSSR count). The highest BCUT2D eigenvalue weighted by Gasteiger charge is 2.12. The smallest absolute Gasteiger partial charge is 0.123 e. The summed E-state index contributed by atoms with van der Waals surface area (Å²) in [5.74, 6) is 0.299. The minimum atomic E-state index is -0.185. The molecule has 0 radical (unpaired) electrons. The van der Waals surface area contributed by atoms with Crippen LogP contribution in [0.5, 0.6) is 0 Å². The number of hydrogen-bond acceptors (Lipinski definition) is 2. The van der Waals surface area contributed by atoms with Crippen molar-refractivity contribution in [1.82, 2.24) is 5.32 Å². The molecule has 0 fully saturated rings. The topological polar surface area (TPSA) is 32.3 Å². The van der Waals surface area contributed by atoms with Gasteiger partial charge in [0.05, 0.1) is 0 Å². The van der Waals surface area contributed by atoms with Gasteiger partial charge in [-0.1, -0.05) is 32.4 Å². The summed E-state index contributed by atoms with van der Waals surface area (Å²) in [6.07, 6.45) is 2.80. The van der Waals surface area contributed by atoms with Crippen LogP contribution in [0.4, 0.5) is 4.39 Å². The molecule has 0 saturated carbocycles. The van der Waals surface area contributed by atoms with Crippen LogP contribution in [0.1, 0.15) is 44.7 Å². The van der Waals surface area contributed by atoms with Gasteiger partial charge in [-0.2, -0.15) is 0 Å². The number of rotatable bonds is 8. The molecule has 0 aliphatic rings. The van der Waals surface area contributed by atoms with Crippen molar-refractivity contribution >= 4 is 0 Å². The monoisotopic (exact) mass is 253 g/mol. The molecule has 2 nitrogen and oxygen atoms in total. The van der Waals surface area contributed by atoms with E-state index in [2.05, 4.69) is 19.2 Å². The van der Waals surface area contributed by atoms with Crippen molar-refractivity contribution in [3.8, 4) is 0 Å². The van der Waals surface area contributed by atoms with E-state index >= 15 is 0 Å². The lowest BCUT2D eigenvalue weighted by atomic mass is 10.00. The lowest BCUT2D eigenvalue weighted by Gasteiger charge is -2.21. The van der Waals surface area contributed by atoms with Gasteiger partial charge in [0, 0.05) is 12.6 Å². The number of hydrogen-bond donors (Lipinski definition) is 2. The number of halogens is 1. The van der Waals surface area contributed by atoms with Crippen LogP contribution in [0.2, 0.25) is 0 Å². The summed E-state index contributed by atoms with van der Waals surface area (Å²) in [6.45, 7) is 5.32. The highest BCUT2D eigenvalue weighted by molar-refractivity contribution is 5.20. The number of aliphatic hydroxyl groups excluding tert-OH is 1. The van der Waals surface area contributed by atoms with Crippen LogP contribution in [-0.4, -0.2) is 18.3 Å². The summed E-state index contributed by atoms with van der Waals surface area (Å²) in [6, 6.07) is 6.95. The van der Waals surface area contributed by atoms with Crippen molar-refractivity contribution in [3.05, 3.63) is 35.6 Å². The first-order valence-electron chi connectivity index (χ1n) is 6.80. The predicted octanol–water partition coefficient (Wildman–Crippen LogP) is 3.28. The third-order valence-electron chi connectivity index (χ3n) is 3.43. The van der Waals surface area contributed by atoms with Crippen molar-refractivity contribution in [2.24, 2.45) is 5.92 Å². The van der Waals surface area contributed by atoms with E-state index < -0.39 is 0 Å². The van der Waals surface area contributed by atoms with Crippen LogP contribution in [0.15, 0.2) is 24.3 Å². The average molecular weight is 253 g/mol. The van der Waals surface area contributed by atoms with E-state index in [1.807, 2.05) is 6.07 Å². The molecule has 2 N–H and O–H groups in total. The summed E-state index contributed by atoms with van der Waals surface area (Å²) in [4.78, 5) is 0. The largest absolute Gasteiger partial charge is 0.396 e. The summed E-state index contributed by atoms with van der Waals surface area (Å²) in [7, 11) is 0. The van der Waals surface area contributed by atoms with Crippen molar-refractivity contribution in [2.75, 3.05) is 13.2 Å². The third-order valence-corrected chi connectivity index (χ3v) is 3.43. The molecule has 0 aliphatic heterocycles. The van der Waals surface area contributed by atoms with Gasteiger partial charge < -0.3 is 10.4 Å². The average Bonchev–Trinajstić information content (AvgIpc) is 2.38. The van der Waals surface area contributed by atoms with Gasteiger partial charge in [-0.05, 0) is 43.0 Å². The van der Waals surface area contributed by atoms with E-state index in [4.69, 9.17) is 5.11 Å². The van der Waals surface area contributed by atoms with Crippen molar-refractivity contribution in [1.29, 1.82) is 0 Å². The standard InChI is InChI=1S/C15H24FNO/c1-3-12(8-9-18)11-17-15(4-2)13-6-5-7-14(16)10-13/h5-7,10,12,15,17-18H,3-4,8-9,11H2,1-2H3. The van der Waals surface area contributed by atoms with E-state index in [0.717, 1.165) is 31.4 Å². The second-order valence-electron chi connectivity index (χ2n) is 4.71. The fraction of sp³-hybridized carbons (Fsp3) is 0.600. The van der Waals surface area contributed by atoms with Crippen molar-refractivity contribution in [3.63, 3.8) is 0 Å². The van der Waals surface area contributed by atoms with Crippen molar-refractivity contribution < 1.29 is 9.50 Å². The molecule has 2 atom stereocenters. The van der Waals surface area contributed by atoms with E-state index in [1.54, 1.807) is 12.1 Å². The van der Waals surface area contributed by atoms with Crippen LogP contribution in [0.25, 0.3) is 0 Å². The quantitative estimate of drug-likeness (QED) is 0.745. The number of nitrogens with one attached hydrogen (secondary N) is 1. The molecule has 0 aliphatic carbocycles. The second kappa shape index (κ2) is 8.22. The maximum Gasteiger partial charge on any atom is 0.123 e. The van der Waals surface area contributed by atoms with Gasteiger partial charge in [0.1, 0.15) is 5.82 Å². The van der Waals surface area contributed by atoms with Gasteiger partial charge in [-0.25, -0.2) is 4.39 Å². The zero-order valence-corrected chi connectivity index (χ0v) is 11.3. The van der Waals surface area contributed by atoms with E-state index in [9.17, 15) is 4.39 Å². The first-order chi connectivity index (χ1) is 8.71. The van der Waals surface area contributed by atoms with Gasteiger partial charge in [-0.15, -0.1) is 0 Å². The Balaban J connectivity index is 2.56. The van der Waals surface area contributed by atoms with E-state index in [1.165, 1.54) is 6.07 Å². The van der Waals surface area contributed by atoms with E-state index in [-0.39, 0.29) is 18.5 Å². The Labute approximate surface area is 109 Å². The molecule has 1 aromatic rings. The molecule has 0 saturated heterocycles. The fourth-order valence-corrected chi connectivity index (χ4v) is 2.16. The van der Waals surface area contributed by atoms with Gasteiger partial charge >= 0.3 is 0 Å². The minimum absolute atomic E-state index is 0.185. The molecule has 2 unspecified atom stereocenters. The Hall–Kier alpha value is -0.930. The Morgan fingerprint density at radius 2 is 2.06 bits per heavy atom. The Kier molecular flexibility index (Phi) is 6.91. The Bertz CT molecular complexity index is 343. The molecule has 0 spiro atoms. The van der Waals surface area contributed by atoms with E-state index in [0.29, 0.717) is 5.92 Å². The van der Waals surface area contributed by atoms with Gasteiger partial charge in [-0.3, -0.25) is 0 Å². The predicted molar refractivity (Wildman–Crippen MR) is 72.9 cm³/mol. The van der Waals surface area contributed by atoms with Crippen LogP contribution in [0, 0.1) is 11.7 Å². The highest BCUT2D eigenvalue weighted by Crippen LogP contribution is 2.18. The Morgan fingerprint density at radius 1 is 1.28 bits per heavy atom. The molecule has 1 aromatic carbocycles. The van der Waals surface area contributed by atoms with Gasteiger partial charge in [0.2, 0.25) is 0 Å².